The van der Waals surface area contributed by atoms with Crippen LogP contribution in [0, 0.1) is 17.3 Å². The molecule has 0 bridgehead atoms. The molecule has 5 atom stereocenters. The summed E-state index contributed by atoms with van der Waals surface area (Å²) in [5.41, 5.74) is 5.02. The highest BCUT2D eigenvalue weighted by Crippen LogP contribution is 2.61. The van der Waals surface area contributed by atoms with Crippen molar-refractivity contribution < 1.29 is 9.84 Å². The summed E-state index contributed by atoms with van der Waals surface area (Å²) in [7, 11) is 0. The van der Waals surface area contributed by atoms with E-state index >= 15 is 0 Å². The van der Waals surface area contributed by atoms with Gasteiger partial charge in [0.25, 0.3) is 0 Å². The molecule has 1 aromatic heterocycles. The molecule has 146 valence electrons. The van der Waals surface area contributed by atoms with Crippen LogP contribution in [0.5, 0.6) is 5.75 Å². The number of pyridine rings is 1. The van der Waals surface area contributed by atoms with Crippen molar-refractivity contribution in [3.05, 3.63) is 60.5 Å². The van der Waals surface area contributed by atoms with E-state index in [-0.39, 0.29) is 11.5 Å². The summed E-state index contributed by atoms with van der Waals surface area (Å²) in [6, 6.07) is 10.6. The van der Waals surface area contributed by atoms with E-state index < -0.39 is 0 Å². The van der Waals surface area contributed by atoms with Crippen LogP contribution < -0.4 is 4.74 Å². The second kappa shape index (κ2) is 6.73. The molecule has 1 heterocycles. The summed E-state index contributed by atoms with van der Waals surface area (Å²) in [5, 5.41) is 10.6. The summed E-state index contributed by atoms with van der Waals surface area (Å²) in [4.78, 5) is 4.57. The number of rotatable bonds is 3. The van der Waals surface area contributed by atoms with Gasteiger partial charge in [-0.2, -0.15) is 0 Å². The second-order valence-electron chi connectivity index (χ2n) is 9.10. The molecule has 0 aliphatic heterocycles. The van der Waals surface area contributed by atoms with Gasteiger partial charge in [-0.1, -0.05) is 19.6 Å². The van der Waals surface area contributed by atoms with Crippen molar-refractivity contribution in [3.63, 3.8) is 0 Å². The third-order valence-electron chi connectivity index (χ3n) is 7.93. The molecule has 3 nitrogen and oxygen atoms in total. The van der Waals surface area contributed by atoms with Gasteiger partial charge >= 0.3 is 0 Å². The maximum atomic E-state index is 10.6. The van der Waals surface area contributed by atoms with Crippen LogP contribution in [0.4, 0.5) is 0 Å². The number of nitrogens with zero attached hydrogens (tertiary/aromatic N) is 1. The number of ether oxygens (including phenoxy) is 1. The van der Waals surface area contributed by atoms with Gasteiger partial charge in [-0.15, -0.1) is 0 Å². The van der Waals surface area contributed by atoms with Crippen LogP contribution in [0.25, 0.3) is 11.3 Å². The zero-order valence-corrected chi connectivity index (χ0v) is 16.6. The summed E-state index contributed by atoms with van der Waals surface area (Å²) < 4.78 is 5.78. The van der Waals surface area contributed by atoms with Gasteiger partial charge in [0, 0.05) is 11.8 Å². The molecule has 0 radical (unpaired) electrons. The lowest BCUT2D eigenvalue weighted by molar-refractivity contribution is -0.0226. The van der Waals surface area contributed by atoms with Crippen LogP contribution in [0.3, 0.4) is 0 Å². The Balaban J connectivity index is 1.58. The largest absolute Gasteiger partial charge is 0.465 e. The molecule has 5 rings (SSSR count). The zero-order valence-electron chi connectivity index (χ0n) is 16.6. The van der Waals surface area contributed by atoms with Gasteiger partial charge < -0.3 is 9.84 Å². The van der Waals surface area contributed by atoms with Gasteiger partial charge in [0.2, 0.25) is 0 Å². The number of hydrogen-bond acceptors (Lipinski definition) is 3. The van der Waals surface area contributed by atoms with Crippen molar-refractivity contribution >= 4 is 0 Å². The second-order valence-corrected chi connectivity index (χ2v) is 9.10. The van der Waals surface area contributed by atoms with Crippen molar-refractivity contribution in [1.82, 2.24) is 4.98 Å². The van der Waals surface area contributed by atoms with Crippen LogP contribution in [0.1, 0.15) is 56.1 Å². The molecule has 0 spiro atoms. The van der Waals surface area contributed by atoms with Crippen molar-refractivity contribution in [2.75, 3.05) is 0 Å². The highest BCUT2D eigenvalue weighted by atomic mass is 16.5. The van der Waals surface area contributed by atoms with Crippen LogP contribution in [-0.4, -0.2) is 16.2 Å². The monoisotopic (exact) mass is 375 g/mol. The number of hydrogen-bond donors (Lipinski definition) is 1. The number of aliphatic hydroxyl groups excluding tert-OH is 1. The number of aromatic nitrogens is 1. The zero-order chi connectivity index (χ0) is 19.3. The highest BCUT2D eigenvalue weighted by Gasteiger charge is 2.54. The Labute approximate surface area is 167 Å². The lowest BCUT2D eigenvalue weighted by Gasteiger charge is -2.50. The third-order valence-corrected chi connectivity index (χ3v) is 7.93. The highest BCUT2D eigenvalue weighted by molar-refractivity contribution is 5.70. The molecule has 0 amide bonds. The molecule has 1 aromatic carbocycles. The molecule has 3 aliphatic carbocycles. The van der Waals surface area contributed by atoms with E-state index in [0.717, 1.165) is 36.3 Å². The van der Waals surface area contributed by atoms with Crippen molar-refractivity contribution in [1.29, 1.82) is 0 Å². The fraction of sp³-hybridized carbons (Fsp3) is 0.480. The van der Waals surface area contributed by atoms with Gasteiger partial charge in [-0.3, -0.25) is 4.98 Å². The van der Waals surface area contributed by atoms with Crippen LogP contribution in [-0.2, 0) is 6.42 Å². The van der Waals surface area contributed by atoms with Crippen LogP contribution in [0.2, 0.25) is 0 Å². The van der Waals surface area contributed by atoms with Gasteiger partial charge in [-0.25, -0.2) is 0 Å². The van der Waals surface area contributed by atoms with E-state index in [2.05, 4.69) is 30.6 Å². The summed E-state index contributed by atoms with van der Waals surface area (Å²) in [6.07, 6.45) is 9.99. The Morgan fingerprint density at radius 3 is 2.89 bits per heavy atom. The number of benzene rings is 1. The van der Waals surface area contributed by atoms with E-state index in [0.29, 0.717) is 17.8 Å². The Morgan fingerprint density at radius 2 is 2.11 bits per heavy atom. The third kappa shape index (κ3) is 2.63. The minimum absolute atomic E-state index is 0.118. The van der Waals surface area contributed by atoms with Gasteiger partial charge in [0.05, 0.1) is 18.1 Å². The standard InChI is InChI=1S/C25H29NO2/c1-3-28-23-14-16-7-8-18-17(11-12-25(2)21(18)9-10-24(25)27)19(16)15-20(23)22-6-4-5-13-26-22/h3-6,13-15,17-18,21,24,27H,1,7-12H2,2H3/t17-,18+,21-,24-,25-/m0/s1. The van der Waals surface area contributed by atoms with Crippen molar-refractivity contribution in [3.8, 4) is 17.0 Å². The Morgan fingerprint density at radius 1 is 1.21 bits per heavy atom. The van der Waals surface area contributed by atoms with Crippen molar-refractivity contribution in [2.24, 2.45) is 17.3 Å². The smallest absolute Gasteiger partial charge is 0.136 e. The van der Waals surface area contributed by atoms with Gasteiger partial charge in [-0.05, 0) is 97.1 Å². The maximum Gasteiger partial charge on any atom is 0.136 e. The van der Waals surface area contributed by atoms with Gasteiger partial charge in [0.15, 0.2) is 0 Å². The average molecular weight is 376 g/mol. The Hall–Kier alpha value is -2.13. The fourth-order valence-corrected chi connectivity index (χ4v) is 6.48. The molecule has 2 aromatic rings. The molecule has 2 fully saturated rings. The first-order valence-corrected chi connectivity index (χ1v) is 10.7. The molecular formula is C25H29NO2. The number of fused-ring (bicyclic) bond motifs is 5. The van der Waals surface area contributed by atoms with E-state index in [4.69, 9.17) is 4.74 Å². The molecule has 0 unspecified atom stereocenters. The minimum Gasteiger partial charge on any atom is -0.465 e. The van der Waals surface area contributed by atoms with Crippen LogP contribution >= 0.6 is 0 Å². The molecule has 0 saturated heterocycles. The van der Waals surface area contributed by atoms with E-state index in [9.17, 15) is 5.11 Å². The van der Waals surface area contributed by atoms with Crippen molar-refractivity contribution in [2.45, 2.75) is 57.5 Å². The quantitative estimate of drug-likeness (QED) is 0.722. The molecule has 1 N–H and O–H groups in total. The minimum atomic E-state index is -0.118. The summed E-state index contributed by atoms with van der Waals surface area (Å²) in [6.45, 7) is 6.09. The molecule has 3 aliphatic rings. The predicted molar refractivity (Wildman–Crippen MR) is 111 cm³/mol. The molecule has 3 heteroatoms. The van der Waals surface area contributed by atoms with Gasteiger partial charge in [0.1, 0.15) is 5.75 Å². The average Bonchev–Trinajstić information content (AvgIpc) is 3.03. The fourth-order valence-electron chi connectivity index (χ4n) is 6.48. The van der Waals surface area contributed by atoms with E-state index in [1.54, 1.807) is 0 Å². The first kappa shape index (κ1) is 17.9. The van der Waals surface area contributed by atoms with E-state index in [1.165, 1.54) is 36.7 Å². The Kier molecular flexibility index (Phi) is 4.31. The lowest BCUT2D eigenvalue weighted by atomic mass is 9.55. The Bertz CT molecular complexity index is 893. The van der Waals surface area contributed by atoms with E-state index in [1.807, 2.05) is 24.4 Å². The normalized spacial score (nSPS) is 33.5. The predicted octanol–water partition coefficient (Wildman–Crippen LogP) is 5.49. The van der Waals surface area contributed by atoms with Crippen LogP contribution in [0.15, 0.2) is 49.4 Å². The molecule has 28 heavy (non-hydrogen) atoms. The first-order valence-electron chi connectivity index (χ1n) is 10.7. The lowest BCUT2D eigenvalue weighted by Crippen LogP contribution is -2.43. The molecule has 2 saturated carbocycles. The first-order chi connectivity index (χ1) is 13.6. The summed E-state index contributed by atoms with van der Waals surface area (Å²) in [5.74, 6) is 2.78. The topological polar surface area (TPSA) is 42.4 Å². The maximum absolute atomic E-state index is 10.6. The SMILES string of the molecule is C=COc1cc2c(cc1-c1ccccn1)[C@H]1CC[C@]3(C)[C@@H](O)CC[C@H]3[C@@H]1CC2. The number of aliphatic hydroxyl groups is 1. The number of aryl methyl sites for hydroxylation is 1. The summed E-state index contributed by atoms with van der Waals surface area (Å²) >= 11 is 0. The molecular weight excluding hydrogens is 346 g/mol.